The molecule has 1 amide bonds. The van der Waals surface area contributed by atoms with Crippen molar-refractivity contribution >= 4 is 5.91 Å². The van der Waals surface area contributed by atoms with E-state index in [2.05, 4.69) is 10.4 Å². The lowest BCUT2D eigenvalue weighted by Gasteiger charge is -2.16. The van der Waals surface area contributed by atoms with Crippen molar-refractivity contribution in [3.8, 4) is 0 Å². The van der Waals surface area contributed by atoms with Crippen molar-refractivity contribution in [1.29, 1.82) is 0 Å². The topological polar surface area (TPSA) is 72.9 Å². The highest BCUT2D eigenvalue weighted by atomic mass is 16.2. The molecule has 100 valence electrons. The summed E-state index contributed by atoms with van der Waals surface area (Å²) in [7, 11) is 0. The second-order valence-electron chi connectivity index (χ2n) is 5.29. The summed E-state index contributed by atoms with van der Waals surface area (Å²) in [6.07, 6.45) is 2.40. The van der Waals surface area contributed by atoms with E-state index < -0.39 is 0 Å². The minimum absolute atomic E-state index is 0.0164. The van der Waals surface area contributed by atoms with Gasteiger partial charge in [-0.15, -0.1) is 0 Å². The van der Waals surface area contributed by atoms with Crippen molar-refractivity contribution in [3.63, 3.8) is 0 Å². The van der Waals surface area contributed by atoms with E-state index in [4.69, 9.17) is 5.73 Å². The normalized spacial score (nSPS) is 18.4. The lowest BCUT2D eigenvalue weighted by molar-refractivity contribution is -0.124. The standard InChI is InChI=1S/C13H22N4O/c1-8-6-9(2)17(16-8)10(3)13(18)15-7-12(14)11-4-5-11/h6,10-12H,4-5,7,14H2,1-3H3,(H,15,18). The number of aromatic nitrogens is 2. The first-order valence-corrected chi connectivity index (χ1v) is 6.55. The highest BCUT2D eigenvalue weighted by Gasteiger charge is 2.29. The molecule has 5 nitrogen and oxygen atoms in total. The molecule has 1 fully saturated rings. The van der Waals surface area contributed by atoms with Gasteiger partial charge in [-0.25, -0.2) is 0 Å². The van der Waals surface area contributed by atoms with Crippen LogP contribution in [0.15, 0.2) is 6.07 Å². The van der Waals surface area contributed by atoms with Crippen LogP contribution in [-0.4, -0.2) is 28.3 Å². The van der Waals surface area contributed by atoms with E-state index in [9.17, 15) is 4.79 Å². The van der Waals surface area contributed by atoms with E-state index in [0.717, 1.165) is 11.4 Å². The third-order valence-corrected chi connectivity index (χ3v) is 3.53. The molecule has 2 unspecified atom stereocenters. The minimum atomic E-state index is -0.287. The Bertz CT molecular complexity index is 436. The van der Waals surface area contributed by atoms with Crippen LogP contribution in [0.4, 0.5) is 0 Å². The lowest BCUT2D eigenvalue weighted by atomic mass is 10.2. The van der Waals surface area contributed by atoms with Gasteiger partial charge in [-0.2, -0.15) is 5.10 Å². The van der Waals surface area contributed by atoms with E-state index >= 15 is 0 Å². The van der Waals surface area contributed by atoms with Crippen molar-refractivity contribution in [2.75, 3.05) is 6.54 Å². The van der Waals surface area contributed by atoms with Gasteiger partial charge in [0, 0.05) is 18.3 Å². The second kappa shape index (κ2) is 5.10. The van der Waals surface area contributed by atoms with Crippen molar-refractivity contribution in [3.05, 3.63) is 17.5 Å². The zero-order valence-corrected chi connectivity index (χ0v) is 11.3. The number of amides is 1. The molecule has 2 rings (SSSR count). The zero-order valence-electron chi connectivity index (χ0n) is 11.3. The average Bonchev–Trinajstić information content (AvgIpc) is 3.11. The molecule has 3 N–H and O–H groups in total. The van der Waals surface area contributed by atoms with Gasteiger partial charge in [0.05, 0.1) is 5.69 Å². The summed E-state index contributed by atoms with van der Waals surface area (Å²) in [5.41, 5.74) is 7.90. The van der Waals surface area contributed by atoms with Gasteiger partial charge in [-0.3, -0.25) is 9.48 Å². The highest BCUT2D eigenvalue weighted by Crippen LogP contribution is 2.31. The lowest BCUT2D eigenvalue weighted by Crippen LogP contribution is -2.41. The number of nitrogens with two attached hydrogens (primary N) is 1. The smallest absolute Gasteiger partial charge is 0.244 e. The Balaban J connectivity index is 1.89. The molecule has 0 radical (unpaired) electrons. The summed E-state index contributed by atoms with van der Waals surface area (Å²) in [6.45, 7) is 6.31. The van der Waals surface area contributed by atoms with Crippen LogP contribution in [0, 0.1) is 19.8 Å². The SMILES string of the molecule is Cc1cc(C)n(C(C)C(=O)NCC(N)C2CC2)n1. The van der Waals surface area contributed by atoms with Crippen LogP contribution in [0.25, 0.3) is 0 Å². The first-order valence-electron chi connectivity index (χ1n) is 6.55. The van der Waals surface area contributed by atoms with Gasteiger partial charge in [0.15, 0.2) is 0 Å². The maximum Gasteiger partial charge on any atom is 0.244 e. The van der Waals surface area contributed by atoms with Crippen LogP contribution in [0.3, 0.4) is 0 Å². The molecular formula is C13H22N4O. The summed E-state index contributed by atoms with van der Waals surface area (Å²) in [5.74, 6) is 0.589. The average molecular weight is 250 g/mol. The molecule has 2 atom stereocenters. The molecule has 0 aromatic carbocycles. The van der Waals surface area contributed by atoms with Gasteiger partial charge in [0.1, 0.15) is 6.04 Å². The largest absolute Gasteiger partial charge is 0.353 e. The fraction of sp³-hybridized carbons (Fsp3) is 0.692. The zero-order chi connectivity index (χ0) is 13.3. The van der Waals surface area contributed by atoms with E-state index in [1.807, 2.05) is 26.8 Å². The van der Waals surface area contributed by atoms with Crippen LogP contribution in [0.5, 0.6) is 0 Å². The van der Waals surface area contributed by atoms with E-state index in [1.54, 1.807) is 4.68 Å². The highest BCUT2D eigenvalue weighted by molar-refractivity contribution is 5.79. The van der Waals surface area contributed by atoms with Crippen molar-refractivity contribution in [2.24, 2.45) is 11.7 Å². The molecule has 0 bridgehead atoms. The number of nitrogens with one attached hydrogen (secondary N) is 1. The van der Waals surface area contributed by atoms with E-state index in [0.29, 0.717) is 12.5 Å². The first kappa shape index (κ1) is 13.1. The minimum Gasteiger partial charge on any atom is -0.353 e. The maximum atomic E-state index is 12.0. The monoisotopic (exact) mass is 250 g/mol. The van der Waals surface area contributed by atoms with Gasteiger partial charge in [-0.1, -0.05) is 0 Å². The van der Waals surface area contributed by atoms with Crippen molar-refractivity contribution in [1.82, 2.24) is 15.1 Å². The Morgan fingerprint density at radius 3 is 2.78 bits per heavy atom. The number of nitrogens with zero attached hydrogens (tertiary/aromatic N) is 2. The molecule has 1 heterocycles. The second-order valence-corrected chi connectivity index (χ2v) is 5.29. The Morgan fingerprint density at radius 2 is 2.28 bits per heavy atom. The van der Waals surface area contributed by atoms with Gasteiger partial charge in [0.2, 0.25) is 5.91 Å². The third-order valence-electron chi connectivity index (χ3n) is 3.53. The van der Waals surface area contributed by atoms with Crippen LogP contribution in [-0.2, 0) is 4.79 Å². The summed E-state index contributed by atoms with van der Waals surface area (Å²) >= 11 is 0. The summed E-state index contributed by atoms with van der Waals surface area (Å²) in [5, 5.41) is 7.24. The fourth-order valence-electron chi connectivity index (χ4n) is 2.21. The molecule has 18 heavy (non-hydrogen) atoms. The van der Waals surface area contributed by atoms with Gasteiger partial charge >= 0.3 is 0 Å². The Kier molecular flexibility index (Phi) is 3.71. The molecule has 0 saturated heterocycles. The summed E-state index contributed by atoms with van der Waals surface area (Å²) in [6, 6.07) is 1.78. The molecule has 1 aliphatic rings. The van der Waals surface area contributed by atoms with Gasteiger partial charge < -0.3 is 11.1 Å². The Morgan fingerprint density at radius 1 is 1.61 bits per heavy atom. The number of hydrogen-bond donors (Lipinski definition) is 2. The molecular weight excluding hydrogens is 228 g/mol. The predicted octanol–water partition coefficient (Wildman–Crippen LogP) is 0.914. The molecule has 1 aliphatic carbocycles. The van der Waals surface area contributed by atoms with Crippen LogP contribution in [0.2, 0.25) is 0 Å². The van der Waals surface area contributed by atoms with E-state index in [1.165, 1.54) is 12.8 Å². The van der Waals surface area contributed by atoms with Crippen LogP contribution in [0.1, 0.15) is 37.2 Å². The van der Waals surface area contributed by atoms with E-state index in [-0.39, 0.29) is 18.0 Å². The number of hydrogen-bond acceptors (Lipinski definition) is 3. The summed E-state index contributed by atoms with van der Waals surface area (Å²) < 4.78 is 1.76. The molecule has 1 saturated carbocycles. The maximum absolute atomic E-state index is 12.0. The van der Waals surface area contributed by atoms with Crippen molar-refractivity contribution in [2.45, 2.75) is 45.7 Å². The fourth-order valence-corrected chi connectivity index (χ4v) is 2.21. The number of aryl methyl sites for hydroxylation is 2. The number of rotatable bonds is 5. The predicted molar refractivity (Wildman–Crippen MR) is 70.1 cm³/mol. The number of carbonyl (C=O) groups excluding carboxylic acids is 1. The van der Waals surface area contributed by atoms with Gasteiger partial charge in [0.25, 0.3) is 0 Å². The summed E-state index contributed by atoms with van der Waals surface area (Å²) in [4.78, 5) is 12.0. The van der Waals surface area contributed by atoms with Crippen LogP contribution < -0.4 is 11.1 Å². The molecule has 5 heteroatoms. The Hall–Kier alpha value is -1.36. The number of carbonyl (C=O) groups is 1. The van der Waals surface area contributed by atoms with Gasteiger partial charge in [-0.05, 0) is 45.6 Å². The van der Waals surface area contributed by atoms with Crippen LogP contribution >= 0.6 is 0 Å². The quantitative estimate of drug-likeness (QED) is 0.816. The third kappa shape index (κ3) is 2.90. The first-order chi connectivity index (χ1) is 8.49. The molecule has 1 aromatic heterocycles. The van der Waals surface area contributed by atoms with Crippen molar-refractivity contribution < 1.29 is 4.79 Å². The Labute approximate surface area is 108 Å². The molecule has 0 aliphatic heterocycles. The molecule has 1 aromatic rings. The molecule has 0 spiro atoms.